The highest BCUT2D eigenvalue weighted by Gasteiger charge is 2.29. The van der Waals surface area contributed by atoms with Crippen molar-refractivity contribution in [3.8, 4) is 11.4 Å². The van der Waals surface area contributed by atoms with Gasteiger partial charge in [0, 0.05) is 18.7 Å². The fraction of sp³-hybridized carbons (Fsp3) is 0.346. The van der Waals surface area contributed by atoms with Crippen molar-refractivity contribution < 1.29 is 25.6 Å². The van der Waals surface area contributed by atoms with Crippen LogP contribution in [0.5, 0.6) is 0 Å². The molecule has 224 valence electrons. The predicted octanol–water partition coefficient (Wildman–Crippen LogP) is 3.76. The largest absolute Gasteiger partial charge is 0.350 e. The molecule has 0 saturated carbocycles. The molecule has 0 spiro atoms. The van der Waals surface area contributed by atoms with E-state index in [1.54, 1.807) is 0 Å². The van der Waals surface area contributed by atoms with Gasteiger partial charge in [-0.2, -0.15) is 8.69 Å². The van der Waals surface area contributed by atoms with E-state index < -0.39 is 31.7 Å². The SMILES string of the molecule is CS(=O)(=O)N(c1ccc(Cl)c(-c2nc3cnc(NCc4ccc(F)c(F)c4)nc3n2C[C@@H]2CCCNC2)c1)S(C)(=O)=O. The first-order valence-electron chi connectivity index (χ1n) is 12.9. The maximum atomic E-state index is 13.7. The highest BCUT2D eigenvalue weighted by molar-refractivity contribution is 8.09. The Morgan fingerprint density at radius 2 is 1.83 bits per heavy atom. The van der Waals surface area contributed by atoms with Crippen LogP contribution in [0.1, 0.15) is 18.4 Å². The van der Waals surface area contributed by atoms with Crippen molar-refractivity contribution in [2.24, 2.45) is 5.92 Å². The van der Waals surface area contributed by atoms with Crippen LogP contribution in [0.25, 0.3) is 22.6 Å². The van der Waals surface area contributed by atoms with Crippen molar-refractivity contribution in [1.82, 2.24) is 24.8 Å². The Hall–Kier alpha value is -3.40. The number of halogens is 3. The number of rotatable bonds is 9. The highest BCUT2D eigenvalue weighted by Crippen LogP contribution is 2.35. The van der Waals surface area contributed by atoms with Crippen molar-refractivity contribution in [3.63, 3.8) is 0 Å². The Kier molecular flexibility index (Phi) is 8.38. The molecule has 2 aromatic carbocycles. The van der Waals surface area contributed by atoms with Gasteiger partial charge < -0.3 is 15.2 Å². The first-order valence-corrected chi connectivity index (χ1v) is 17.0. The molecular weight excluding hydrogens is 612 g/mol. The maximum absolute atomic E-state index is 13.7. The fourth-order valence-corrected chi connectivity index (χ4v) is 8.14. The molecule has 1 aliphatic rings. The molecule has 2 aromatic heterocycles. The zero-order valence-electron chi connectivity index (χ0n) is 22.7. The quantitative estimate of drug-likeness (QED) is 0.280. The minimum Gasteiger partial charge on any atom is -0.350 e. The Bertz CT molecular complexity index is 1830. The molecule has 3 heterocycles. The predicted molar refractivity (Wildman–Crippen MR) is 157 cm³/mol. The molecule has 2 N–H and O–H groups in total. The third-order valence-electron chi connectivity index (χ3n) is 6.77. The number of aromatic nitrogens is 4. The van der Waals surface area contributed by atoms with Gasteiger partial charge in [0.2, 0.25) is 26.0 Å². The average Bonchev–Trinajstić information content (AvgIpc) is 3.26. The van der Waals surface area contributed by atoms with Gasteiger partial charge in [0.15, 0.2) is 17.3 Å². The molecule has 16 heteroatoms. The lowest BCUT2D eigenvalue weighted by Gasteiger charge is -2.24. The summed E-state index contributed by atoms with van der Waals surface area (Å²) in [5, 5.41) is 6.62. The van der Waals surface area contributed by atoms with E-state index in [1.807, 2.05) is 4.57 Å². The van der Waals surface area contributed by atoms with E-state index in [0.29, 0.717) is 38.4 Å². The smallest absolute Gasteiger partial charge is 0.245 e. The molecule has 5 rings (SSSR count). The second-order valence-electron chi connectivity index (χ2n) is 10.2. The number of benzene rings is 2. The molecule has 0 amide bonds. The van der Waals surface area contributed by atoms with Gasteiger partial charge in [-0.1, -0.05) is 17.7 Å². The number of nitrogens with one attached hydrogen (secondary N) is 2. The summed E-state index contributed by atoms with van der Waals surface area (Å²) in [7, 11) is -8.39. The first-order chi connectivity index (χ1) is 19.8. The number of piperidine rings is 1. The summed E-state index contributed by atoms with van der Waals surface area (Å²) in [4.78, 5) is 13.7. The molecule has 4 aromatic rings. The zero-order chi connectivity index (χ0) is 30.2. The second-order valence-corrected chi connectivity index (χ2v) is 14.5. The Morgan fingerprint density at radius 3 is 2.50 bits per heavy atom. The summed E-state index contributed by atoms with van der Waals surface area (Å²) >= 11 is 6.59. The molecule has 0 aliphatic carbocycles. The maximum Gasteiger partial charge on any atom is 0.245 e. The van der Waals surface area contributed by atoms with Crippen LogP contribution in [-0.4, -0.2) is 62.0 Å². The minimum atomic E-state index is -4.19. The molecule has 0 radical (unpaired) electrons. The lowest BCUT2D eigenvalue weighted by molar-refractivity contribution is 0.341. The summed E-state index contributed by atoms with van der Waals surface area (Å²) < 4.78 is 78.9. The van der Waals surface area contributed by atoms with Crippen molar-refractivity contribution in [2.45, 2.75) is 25.9 Å². The summed E-state index contributed by atoms with van der Waals surface area (Å²) in [6, 6.07) is 7.69. The molecule has 11 nitrogen and oxygen atoms in total. The fourth-order valence-electron chi connectivity index (χ4n) is 4.98. The normalized spacial score (nSPS) is 16.1. The zero-order valence-corrected chi connectivity index (χ0v) is 25.1. The lowest BCUT2D eigenvalue weighted by Crippen LogP contribution is -2.35. The molecule has 1 aliphatic heterocycles. The van der Waals surface area contributed by atoms with Crippen molar-refractivity contribution in [1.29, 1.82) is 0 Å². The molecule has 1 atom stereocenters. The summed E-state index contributed by atoms with van der Waals surface area (Å²) in [5.41, 5.74) is 1.58. The van der Waals surface area contributed by atoms with E-state index in [2.05, 4.69) is 20.6 Å². The van der Waals surface area contributed by atoms with E-state index in [1.165, 1.54) is 30.5 Å². The molecular formula is C26H28ClF2N7O4S2. The van der Waals surface area contributed by atoms with Gasteiger partial charge >= 0.3 is 0 Å². The number of nitrogens with zero attached hydrogens (tertiary/aromatic N) is 5. The minimum absolute atomic E-state index is 0.114. The van der Waals surface area contributed by atoms with Crippen LogP contribution in [0.2, 0.25) is 5.02 Å². The molecule has 1 saturated heterocycles. The lowest BCUT2D eigenvalue weighted by atomic mass is 9.99. The van der Waals surface area contributed by atoms with E-state index in [0.717, 1.165) is 50.6 Å². The van der Waals surface area contributed by atoms with Crippen molar-refractivity contribution in [3.05, 3.63) is 64.8 Å². The highest BCUT2D eigenvalue weighted by atomic mass is 35.5. The average molecular weight is 640 g/mol. The van der Waals surface area contributed by atoms with E-state index >= 15 is 0 Å². The molecule has 0 bridgehead atoms. The number of imidazole rings is 1. The van der Waals surface area contributed by atoms with Crippen LogP contribution in [0.15, 0.2) is 42.6 Å². The van der Waals surface area contributed by atoms with Gasteiger partial charge in [-0.15, -0.1) is 0 Å². The van der Waals surface area contributed by atoms with Crippen LogP contribution in [0.4, 0.5) is 20.4 Å². The number of fused-ring (bicyclic) bond motifs is 1. The summed E-state index contributed by atoms with van der Waals surface area (Å²) in [6.07, 6.45) is 5.04. The van der Waals surface area contributed by atoms with E-state index in [9.17, 15) is 25.6 Å². The third-order valence-corrected chi connectivity index (χ3v) is 10.3. The van der Waals surface area contributed by atoms with Crippen LogP contribution in [0, 0.1) is 17.6 Å². The summed E-state index contributed by atoms with van der Waals surface area (Å²) in [5.74, 6) is -1.10. The van der Waals surface area contributed by atoms with E-state index in [4.69, 9.17) is 16.6 Å². The Morgan fingerprint density at radius 1 is 1.07 bits per heavy atom. The number of sulfonamides is 2. The molecule has 1 fully saturated rings. The standard InChI is InChI=1S/C26H28ClF2N7O4S2/c1-41(37,38)36(42(2,39)40)18-6-7-20(27)19(11-18)24-33-23-14-32-26(31-13-16-5-8-21(28)22(29)10-16)34-25(23)35(24)15-17-4-3-9-30-12-17/h5-8,10-11,14,17,30H,3-4,9,12-13,15H2,1-2H3,(H,31,32,34)/t17-/m1/s1. The van der Waals surface area contributed by atoms with Crippen LogP contribution in [0.3, 0.4) is 0 Å². The topological polar surface area (TPSA) is 139 Å². The van der Waals surface area contributed by atoms with Crippen molar-refractivity contribution >= 4 is 54.4 Å². The third kappa shape index (κ3) is 6.48. The summed E-state index contributed by atoms with van der Waals surface area (Å²) in [6.45, 7) is 2.29. The monoisotopic (exact) mass is 639 g/mol. The van der Waals surface area contributed by atoms with Crippen molar-refractivity contribution in [2.75, 3.05) is 34.6 Å². The van der Waals surface area contributed by atoms with Gasteiger partial charge in [0.1, 0.15) is 11.3 Å². The van der Waals surface area contributed by atoms with Gasteiger partial charge in [-0.05, 0) is 67.7 Å². The Labute approximate surface area is 247 Å². The van der Waals surface area contributed by atoms with Crippen LogP contribution in [-0.2, 0) is 33.1 Å². The number of hydrogen-bond acceptors (Lipinski definition) is 9. The van der Waals surface area contributed by atoms with Gasteiger partial charge in [-0.3, -0.25) is 0 Å². The molecule has 42 heavy (non-hydrogen) atoms. The van der Waals surface area contributed by atoms with Gasteiger partial charge in [-0.25, -0.2) is 35.6 Å². The Balaban J connectivity index is 1.59. The van der Waals surface area contributed by atoms with Gasteiger partial charge in [0.25, 0.3) is 0 Å². The van der Waals surface area contributed by atoms with Gasteiger partial charge in [0.05, 0.1) is 29.4 Å². The van der Waals surface area contributed by atoms with Crippen LogP contribution >= 0.6 is 11.6 Å². The molecule has 0 unspecified atom stereocenters. The van der Waals surface area contributed by atoms with Crippen LogP contribution < -0.4 is 14.3 Å². The van der Waals surface area contributed by atoms with E-state index in [-0.39, 0.29) is 29.1 Å². The number of hydrogen-bond donors (Lipinski definition) is 2. The first kappa shape index (κ1) is 30.1. The number of anilines is 2. The second kappa shape index (κ2) is 11.7.